The largest absolute Gasteiger partial charge is 0.504 e. The Bertz CT molecular complexity index is 972. The van der Waals surface area contributed by atoms with E-state index in [2.05, 4.69) is 4.98 Å². The lowest BCUT2D eigenvalue weighted by Crippen LogP contribution is -2.03. The van der Waals surface area contributed by atoms with Crippen molar-refractivity contribution in [3.63, 3.8) is 0 Å². The van der Waals surface area contributed by atoms with E-state index in [-0.39, 0.29) is 21.7 Å². The Labute approximate surface area is 140 Å². The quantitative estimate of drug-likeness (QED) is 0.683. The average molecular weight is 350 g/mol. The highest BCUT2D eigenvalue weighted by molar-refractivity contribution is 6.50. The molecular formula is C16H9Cl2NO4. The second-order valence-corrected chi connectivity index (χ2v) is 5.50. The third-order valence-corrected chi connectivity index (χ3v) is 3.66. The number of para-hydroxylation sites is 1. The number of hydrogen-bond acceptors (Lipinski definition) is 5. The van der Waals surface area contributed by atoms with E-state index in [9.17, 15) is 15.0 Å². The summed E-state index contributed by atoms with van der Waals surface area (Å²) in [5, 5.41) is 19.4. The van der Waals surface area contributed by atoms with Crippen molar-refractivity contribution in [2.45, 2.75) is 0 Å². The van der Waals surface area contributed by atoms with Gasteiger partial charge in [0.2, 0.25) is 5.89 Å². The number of halogens is 2. The first-order valence-corrected chi connectivity index (χ1v) is 7.20. The number of hydrogen-bond donors (Lipinski definition) is 2. The van der Waals surface area contributed by atoms with Crippen LogP contribution in [0.4, 0.5) is 0 Å². The van der Waals surface area contributed by atoms with E-state index in [1.54, 1.807) is 24.3 Å². The van der Waals surface area contributed by atoms with Gasteiger partial charge < -0.3 is 14.6 Å². The van der Waals surface area contributed by atoms with Gasteiger partial charge in [0.1, 0.15) is 5.03 Å². The first-order valence-electron chi connectivity index (χ1n) is 6.44. The summed E-state index contributed by atoms with van der Waals surface area (Å²) in [7, 11) is 0. The van der Waals surface area contributed by atoms with Gasteiger partial charge >= 0.3 is 5.63 Å². The van der Waals surface area contributed by atoms with Crippen LogP contribution in [0, 0.1) is 0 Å². The van der Waals surface area contributed by atoms with E-state index >= 15 is 0 Å². The summed E-state index contributed by atoms with van der Waals surface area (Å²) in [6.07, 6.45) is 1.41. The second kappa shape index (κ2) is 5.95. The molecule has 7 heteroatoms. The van der Waals surface area contributed by atoms with Gasteiger partial charge in [-0.2, -0.15) is 0 Å². The van der Waals surface area contributed by atoms with Crippen LogP contribution in [0.1, 0.15) is 11.5 Å². The van der Waals surface area contributed by atoms with Crippen molar-refractivity contribution in [1.82, 2.24) is 4.98 Å². The summed E-state index contributed by atoms with van der Waals surface area (Å²) in [4.78, 5) is 16.1. The number of nitrogens with zero attached hydrogens (tertiary/aromatic N) is 1. The number of phenols is 2. The smallest absolute Gasteiger partial charge is 0.347 e. The van der Waals surface area contributed by atoms with Gasteiger partial charge in [0.05, 0.1) is 15.9 Å². The molecule has 0 aliphatic heterocycles. The van der Waals surface area contributed by atoms with Gasteiger partial charge in [-0.1, -0.05) is 35.3 Å². The van der Waals surface area contributed by atoms with Crippen molar-refractivity contribution in [2.24, 2.45) is 0 Å². The highest BCUT2D eigenvalue weighted by atomic mass is 35.5. The van der Waals surface area contributed by atoms with Crippen LogP contribution in [0.2, 0.25) is 5.02 Å². The fourth-order valence-electron chi connectivity index (χ4n) is 2.02. The summed E-state index contributed by atoms with van der Waals surface area (Å²) >= 11 is 11.9. The molecule has 23 heavy (non-hydrogen) atoms. The predicted octanol–water partition coefficient (Wildman–Crippen LogP) is 3.99. The Balaban J connectivity index is 2.10. The molecule has 2 aromatic carbocycles. The van der Waals surface area contributed by atoms with Gasteiger partial charge in [0.15, 0.2) is 11.5 Å². The van der Waals surface area contributed by atoms with Gasteiger partial charge in [-0.15, -0.1) is 0 Å². The van der Waals surface area contributed by atoms with E-state index in [0.29, 0.717) is 16.5 Å². The van der Waals surface area contributed by atoms with Crippen molar-refractivity contribution in [3.05, 3.63) is 63.3 Å². The van der Waals surface area contributed by atoms with Crippen LogP contribution in [0.3, 0.4) is 0 Å². The molecule has 1 heterocycles. The molecule has 0 unspecified atom stereocenters. The summed E-state index contributed by atoms with van der Waals surface area (Å²) in [6, 6.07) is 9.39. The van der Waals surface area contributed by atoms with Crippen molar-refractivity contribution in [2.75, 3.05) is 0 Å². The summed E-state index contributed by atoms with van der Waals surface area (Å²) < 4.78 is 5.10. The minimum absolute atomic E-state index is 0.0337. The van der Waals surface area contributed by atoms with Gasteiger partial charge in [0.25, 0.3) is 0 Å². The average Bonchev–Trinajstić information content (AvgIpc) is 2.52. The number of phenolic OH excluding ortho intramolecular Hbond substituents is 2. The van der Waals surface area contributed by atoms with Crippen molar-refractivity contribution in [3.8, 4) is 11.5 Å². The first kappa shape index (κ1) is 15.4. The van der Waals surface area contributed by atoms with Crippen LogP contribution in [0.15, 0.2) is 45.6 Å². The zero-order chi connectivity index (χ0) is 16.6. The topological polar surface area (TPSA) is 83.6 Å². The molecule has 116 valence electrons. The van der Waals surface area contributed by atoms with Crippen LogP contribution < -0.4 is 5.63 Å². The molecule has 0 aliphatic rings. The first-order chi connectivity index (χ1) is 11.0. The lowest BCUT2D eigenvalue weighted by molar-refractivity contribution is 0.404. The SMILES string of the molecule is O=c1oc(/C(Cl)=C/c2cc(O)c(O)c(Cl)c2)nc2ccccc12. The molecule has 0 saturated carbocycles. The van der Waals surface area contributed by atoms with E-state index in [0.717, 1.165) is 0 Å². The standard InChI is InChI=1S/C16H9Cl2NO4/c17-10-5-8(7-13(20)14(10)21)6-11(18)15-19-12-4-2-1-3-9(12)16(22)23-15/h1-7,20-21H/b11-6-. The Morgan fingerprint density at radius 3 is 2.70 bits per heavy atom. The fraction of sp³-hybridized carbons (Fsp3) is 0. The van der Waals surface area contributed by atoms with E-state index in [1.807, 2.05) is 0 Å². The molecule has 0 aliphatic carbocycles. The maximum Gasteiger partial charge on any atom is 0.347 e. The number of fused-ring (bicyclic) bond motifs is 1. The molecule has 1 aromatic heterocycles. The molecule has 2 N–H and O–H groups in total. The zero-order valence-electron chi connectivity index (χ0n) is 11.5. The van der Waals surface area contributed by atoms with Crippen LogP contribution in [-0.4, -0.2) is 15.2 Å². The van der Waals surface area contributed by atoms with Gasteiger partial charge in [-0.3, -0.25) is 0 Å². The maximum absolute atomic E-state index is 11.9. The molecule has 0 radical (unpaired) electrons. The highest BCUT2D eigenvalue weighted by Crippen LogP contribution is 2.35. The Hall–Kier alpha value is -2.50. The molecule has 0 saturated heterocycles. The fourth-order valence-corrected chi connectivity index (χ4v) is 2.45. The number of benzene rings is 2. The Morgan fingerprint density at radius 1 is 1.22 bits per heavy atom. The van der Waals surface area contributed by atoms with Crippen LogP contribution in [-0.2, 0) is 0 Å². The van der Waals surface area contributed by atoms with Crippen molar-refractivity contribution in [1.29, 1.82) is 0 Å². The zero-order valence-corrected chi connectivity index (χ0v) is 13.0. The molecule has 0 fully saturated rings. The molecule has 0 bridgehead atoms. The van der Waals surface area contributed by atoms with E-state index in [1.165, 1.54) is 18.2 Å². The molecular weight excluding hydrogens is 341 g/mol. The number of aromatic nitrogens is 1. The van der Waals surface area contributed by atoms with Gasteiger partial charge in [0, 0.05) is 0 Å². The van der Waals surface area contributed by atoms with Crippen LogP contribution >= 0.6 is 23.2 Å². The second-order valence-electron chi connectivity index (χ2n) is 4.69. The molecule has 0 spiro atoms. The summed E-state index contributed by atoms with van der Waals surface area (Å²) in [5.74, 6) is -0.865. The Kier molecular flexibility index (Phi) is 3.98. The third-order valence-electron chi connectivity index (χ3n) is 3.10. The molecule has 0 amide bonds. The Morgan fingerprint density at radius 2 is 1.96 bits per heavy atom. The monoisotopic (exact) mass is 349 g/mol. The summed E-state index contributed by atoms with van der Waals surface area (Å²) in [5.41, 5.74) is 0.313. The predicted molar refractivity (Wildman–Crippen MR) is 88.8 cm³/mol. The molecule has 0 atom stereocenters. The van der Waals surface area contributed by atoms with E-state index in [4.69, 9.17) is 27.6 Å². The highest BCUT2D eigenvalue weighted by Gasteiger charge is 2.11. The lowest BCUT2D eigenvalue weighted by atomic mass is 10.2. The lowest BCUT2D eigenvalue weighted by Gasteiger charge is -2.03. The van der Waals surface area contributed by atoms with Gasteiger partial charge in [-0.25, -0.2) is 9.78 Å². The molecule has 3 rings (SSSR count). The minimum atomic E-state index is -0.552. The number of rotatable bonds is 2. The van der Waals surface area contributed by atoms with Crippen LogP contribution in [0.25, 0.3) is 22.0 Å². The minimum Gasteiger partial charge on any atom is -0.504 e. The van der Waals surface area contributed by atoms with Crippen molar-refractivity contribution >= 4 is 45.2 Å². The van der Waals surface area contributed by atoms with Crippen molar-refractivity contribution < 1.29 is 14.6 Å². The van der Waals surface area contributed by atoms with Gasteiger partial charge in [-0.05, 0) is 35.9 Å². The number of aromatic hydroxyl groups is 2. The van der Waals surface area contributed by atoms with Crippen LogP contribution in [0.5, 0.6) is 11.5 Å². The summed E-state index contributed by atoms with van der Waals surface area (Å²) in [6.45, 7) is 0. The molecule has 3 aromatic rings. The maximum atomic E-state index is 11.9. The third kappa shape index (κ3) is 3.02. The molecule has 5 nitrogen and oxygen atoms in total. The normalized spacial score (nSPS) is 11.8. The van der Waals surface area contributed by atoms with E-state index < -0.39 is 11.4 Å².